The Balaban J connectivity index is 4.06. The summed E-state index contributed by atoms with van der Waals surface area (Å²) in [5, 5.41) is 0. The van der Waals surface area contributed by atoms with Crippen LogP contribution in [0, 0.1) is 0 Å². The molecule has 0 rings (SSSR count). The first-order valence-electron chi connectivity index (χ1n) is 6.99. The standard InChI is InChI=1S/C12H27BO6/c1-7-10(4)14-17-13(18-15-11(5)8-2)19-16-12(6)9-3/h10-12H,7-9H2,1-6H3. The summed E-state index contributed by atoms with van der Waals surface area (Å²) in [6.07, 6.45) is 2.23. The Morgan fingerprint density at radius 2 is 0.895 bits per heavy atom. The quantitative estimate of drug-likeness (QED) is 0.310. The van der Waals surface area contributed by atoms with Crippen molar-refractivity contribution in [1.82, 2.24) is 0 Å². The van der Waals surface area contributed by atoms with Gasteiger partial charge in [0.1, 0.15) is 0 Å². The second-order valence-corrected chi connectivity index (χ2v) is 4.52. The van der Waals surface area contributed by atoms with Crippen molar-refractivity contribution in [3.63, 3.8) is 0 Å². The van der Waals surface area contributed by atoms with Crippen LogP contribution in [0.5, 0.6) is 0 Å². The average Bonchev–Trinajstić information content (AvgIpc) is 2.44. The molecule has 0 heterocycles. The Kier molecular flexibility index (Phi) is 11.5. The Hall–Kier alpha value is -0.175. The molecule has 0 aliphatic rings. The topological polar surface area (TPSA) is 55.4 Å². The summed E-state index contributed by atoms with van der Waals surface area (Å²) in [6.45, 7) is 11.6. The lowest BCUT2D eigenvalue weighted by Crippen LogP contribution is -2.32. The Labute approximate surface area is 116 Å². The van der Waals surface area contributed by atoms with Crippen molar-refractivity contribution in [3.8, 4) is 0 Å². The van der Waals surface area contributed by atoms with Gasteiger partial charge in [0, 0.05) is 0 Å². The Morgan fingerprint density at radius 3 is 1.11 bits per heavy atom. The van der Waals surface area contributed by atoms with Crippen LogP contribution in [-0.2, 0) is 29.1 Å². The second kappa shape index (κ2) is 11.6. The average molecular weight is 278 g/mol. The van der Waals surface area contributed by atoms with Crippen LogP contribution in [0.15, 0.2) is 0 Å². The molecule has 0 radical (unpaired) electrons. The van der Waals surface area contributed by atoms with Gasteiger partial charge in [-0.25, -0.2) is 29.1 Å². The van der Waals surface area contributed by atoms with Crippen molar-refractivity contribution in [1.29, 1.82) is 0 Å². The zero-order chi connectivity index (χ0) is 14.7. The number of hydrogen-bond acceptors (Lipinski definition) is 6. The van der Waals surface area contributed by atoms with Crippen LogP contribution < -0.4 is 0 Å². The van der Waals surface area contributed by atoms with E-state index in [0.29, 0.717) is 0 Å². The van der Waals surface area contributed by atoms with Crippen molar-refractivity contribution in [2.24, 2.45) is 0 Å². The van der Waals surface area contributed by atoms with E-state index in [-0.39, 0.29) is 18.3 Å². The molecule has 0 aromatic rings. The molecular weight excluding hydrogens is 251 g/mol. The summed E-state index contributed by atoms with van der Waals surface area (Å²) in [4.78, 5) is 30.2. The highest BCUT2D eigenvalue weighted by molar-refractivity contribution is 6.35. The molecule has 6 nitrogen and oxygen atoms in total. The molecular formula is C12H27BO6. The zero-order valence-corrected chi connectivity index (χ0v) is 12.9. The molecule has 0 bridgehead atoms. The molecule has 0 spiro atoms. The summed E-state index contributed by atoms with van der Waals surface area (Å²) in [5.74, 6) is 0. The molecule has 0 aromatic carbocycles. The number of rotatable bonds is 12. The van der Waals surface area contributed by atoms with Crippen LogP contribution in [0.25, 0.3) is 0 Å². The highest BCUT2D eigenvalue weighted by Gasteiger charge is 2.29. The summed E-state index contributed by atoms with van der Waals surface area (Å²) >= 11 is 0. The van der Waals surface area contributed by atoms with Gasteiger partial charge in [0.05, 0.1) is 18.3 Å². The molecule has 0 saturated heterocycles. The summed E-state index contributed by atoms with van der Waals surface area (Å²) in [5.41, 5.74) is 0. The van der Waals surface area contributed by atoms with Gasteiger partial charge in [0.15, 0.2) is 0 Å². The fourth-order valence-corrected chi connectivity index (χ4v) is 0.673. The van der Waals surface area contributed by atoms with Crippen LogP contribution >= 0.6 is 0 Å². The highest BCUT2D eigenvalue weighted by atomic mass is 17.3. The van der Waals surface area contributed by atoms with Gasteiger partial charge in [-0.3, -0.25) is 0 Å². The predicted octanol–water partition coefficient (Wildman–Crippen LogP) is 3.21. The van der Waals surface area contributed by atoms with E-state index in [1.165, 1.54) is 0 Å². The maximum atomic E-state index is 5.08. The first-order chi connectivity index (χ1) is 9.03. The van der Waals surface area contributed by atoms with Crippen molar-refractivity contribution >= 4 is 7.32 Å². The van der Waals surface area contributed by atoms with Crippen molar-refractivity contribution < 1.29 is 29.1 Å². The first-order valence-corrected chi connectivity index (χ1v) is 6.99. The van der Waals surface area contributed by atoms with E-state index in [1.54, 1.807) is 0 Å². The summed E-state index contributed by atoms with van der Waals surface area (Å²) < 4.78 is 0. The fraction of sp³-hybridized carbons (Fsp3) is 1.00. The lowest BCUT2D eigenvalue weighted by atomic mass is 10.3. The van der Waals surface area contributed by atoms with E-state index < -0.39 is 7.32 Å². The van der Waals surface area contributed by atoms with Gasteiger partial charge in [-0.1, -0.05) is 20.8 Å². The Morgan fingerprint density at radius 1 is 0.632 bits per heavy atom. The third-order valence-electron chi connectivity index (χ3n) is 2.62. The normalized spacial score (nSPS) is 16.1. The predicted molar refractivity (Wildman–Crippen MR) is 71.5 cm³/mol. The molecule has 0 fully saturated rings. The first kappa shape index (κ1) is 18.8. The van der Waals surface area contributed by atoms with Crippen molar-refractivity contribution in [3.05, 3.63) is 0 Å². The monoisotopic (exact) mass is 278 g/mol. The lowest BCUT2D eigenvalue weighted by molar-refractivity contribution is -0.371. The molecule has 3 unspecified atom stereocenters. The molecule has 19 heavy (non-hydrogen) atoms. The maximum Gasteiger partial charge on any atom is 0.725 e. The molecule has 3 atom stereocenters. The van der Waals surface area contributed by atoms with Gasteiger partial charge < -0.3 is 0 Å². The number of hydrogen-bond donors (Lipinski definition) is 0. The van der Waals surface area contributed by atoms with E-state index in [1.807, 2.05) is 41.5 Å². The molecule has 0 amide bonds. The van der Waals surface area contributed by atoms with Crippen LogP contribution in [0.4, 0.5) is 0 Å². The van der Waals surface area contributed by atoms with Gasteiger partial charge >= 0.3 is 7.32 Å². The minimum atomic E-state index is -1.17. The fourth-order valence-electron chi connectivity index (χ4n) is 0.673. The van der Waals surface area contributed by atoms with Crippen LogP contribution in [0.3, 0.4) is 0 Å². The van der Waals surface area contributed by atoms with Crippen LogP contribution in [0.2, 0.25) is 0 Å². The van der Waals surface area contributed by atoms with Gasteiger partial charge in [0.2, 0.25) is 0 Å². The third-order valence-corrected chi connectivity index (χ3v) is 2.62. The smallest absolute Gasteiger partial charge is 0.244 e. The molecule has 7 heteroatoms. The third kappa shape index (κ3) is 10.3. The Bertz CT molecular complexity index is 173. The maximum absolute atomic E-state index is 5.08. The van der Waals surface area contributed by atoms with Crippen molar-refractivity contribution in [2.45, 2.75) is 79.1 Å². The van der Waals surface area contributed by atoms with E-state index in [0.717, 1.165) is 19.3 Å². The SMILES string of the molecule is CCC(C)OOB(OOC(C)CC)OOC(C)CC. The van der Waals surface area contributed by atoms with Crippen LogP contribution in [0.1, 0.15) is 60.8 Å². The second-order valence-electron chi connectivity index (χ2n) is 4.52. The van der Waals surface area contributed by atoms with Crippen LogP contribution in [-0.4, -0.2) is 25.6 Å². The minimum Gasteiger partial charge on any atom is -0.244 e. The van der Waals surface area contributed by atoms with Crippen molar-refractivity contribution in [2.75, 3.05) is 0 Å². The largest absolute Gasteiger partial charge is 0.725 e. The van der Waals surface area contributed by atoms with E-state index in [4.69, 9.17) is 29.1 Å². The molecule has 0 aliphatic heterocycles. The zero-order valence-electron chi connectivity index (χ0n) is 12.9. The molecule has 0 aromatic heterocycles. The minimum absolute atomic E-state index is 0.0677. The molecule has 0 aliphatic carbocycles. The summed E-state index contributed by atoms with van der Waals surface area (Å²) in [6, 6.07) is 0. The molecule has 0 N–H and O–H groups in total. The molecule has 0 saturated carbocycles. The van der Waals surface area contributed by atoms with E-state index >= 15 is 0 Å². The highest BCUT2D eigenvalue weighted by Crippen LogP contribution is 2.06. The lowest BCUT2D eigenvalue weighted by Gasteiger charge is -2.17. The van der Waals surface area contributed by atoms with Gasteiger partial charge in [-0.2, -0.15) is 0 Å². The van der Waals surface area contributed by atoms with Gasteiger partial charge in [-0.15, -0.1) is 0 Å². The summed E-state index contributed by atoms with van der Waals surface area (Å²) in [7, 11) is -1.17. The molecule has 114 valence electrons. The van der Waals surface area contributed by atoms with Gasteiger partial charge in [-0.05, 0) is 40.0 Å². The van der Waals surface area contributed by atoms with E-state index in [2.05, 4.69) is 0 Å². The van der Waals surface area contributed by atoms with Gasteiger partial charge in [0.25, 0.3) is 0 Å². The van der Waals surface area contributed by atoms with E-state index in [9.17, 15) is 0 Å².